The Kier molecular flexibility index (Phi) is 3.48. The van der Waals surface area contributed by atoms with Gasteiger partial charge in [0.05, 0.1) is 12.8 Å². The molecule has 0 bridgehead atoms. The number of nitrogens with zero attached hydrogens (tertiary/aromatic N) is 1. The fourth-order valence-corrected chi connectivity index (χ4v) is 2.19. The van der Waals surface area contributed by atoms with Crippen LogP contribution in [0.15, 0.2) is 22.8 Å². The third kappa shape index (κ3) is 2.37. The van der Waals surface area contributed by atoms with Crippen molar-refractivity contribution in [2.75, 3.05) is 0 Å². The summed E-state index contributed by atoms with van der Waals surface area (Å²) in [5, 5.41) is 2.98. The Bertz CT molecular complexity index is 496. The lowest BCUT2D eigenvalue weighted by molar-refractivity contribution is 0.0952. The Balaban J connectivity index is 2.01. The highest BCUT2D eigenvalue weighted by Gasteiger charge is 2.17. The van der Waals surface area contributed by atoms with E-state index in [1.807, 2.05) is 0 Å². The van der Waals surface area contributed by atoms with E-state index in [4.69, 9.17) is 27.6 Å². The smallest absolute Gasteiger partial charge is 0.264 e. The number of hydrogen-bond acceptors (Lipinski definition) is 4. The molecule has 0 aromatic carbocycles. The van der Waals surface area contributed by atoms with E-state index in [9.17, 15) is 4.79 Å². The average Bonchev–Trinajstić information content (AvgIpc) is 2.88. The summed E-state index contributed by atoms with van der Waals surface area (Å²) < 4.78 is 8.84. The van der Waals surface area contributed by atoms with E-state index >= 15 is 0 Å². The minimum absolute atomic E-state index is 0.148. The predicted octanol–water partition coefficient (Wildman–Crippen LogP) is 2.97. The lowest BCUT2D eigenvalue weighted by Crippen LogP contribution is -2.21. The van der Waals surface area contributed by atoms with Crippen LogP contribution < -0.4 is 5.32 Å². The number of amides is 1. The van der Waals surface area contributed by atoms with Gasteiger partial charge in [-0.05, 0) is 23.7 Å². The van der Waals surface area contributed by atoms with Crippen molar-refractivity contribution in [1.29, 1.82) is 0 Å². The van der Waals surface area contributed by atoms with E-state index in [-0.39, 0.29) is 16.1 Å². The van der Waals surface area contributed by atoms with Gasteiger partial charge in [0.2, 0.25) is 0 Å². The quantitative estimate of drug-likeness (QED) is 0.938. The van der Waals surface area contributed by atoms with Crippen LogP contribution in [0.1, 0.15) is 15.4 Å². The summed E-state index contributed by atoms with van der Waals surface area (Å²) in [7, 11) is 0. The second-order valence-electron chi connectivity index (χ2n) is 2.88. The molecule has 0 aliphatic rings. The number of aromatic nitrogens is 1. The van der Waals surface area contributed by atoms with E-state index in [2.05, 4.69) is 9.69 Å². The monoisotopic (exact) mass is 276 g/mol. The third-order valence-corrected chi connectivity index (χ3v) is 3.60. The zero-order valence-corrected chi connectivity index (χ0v) is 10.2. The molecule has 1 amide bonds. The molecular weight excluding hydrogens is 271 g/mol. The summed E-state index contributed by atoms with van der Waals surface area (Å²) in [6.45, 7) is 0.303. The van der Waals surface area contributed by atoms with Crippen LogP contribution in [0.5, 0.6) is 0 Å². The van der Waals surface area contributed by atoms with Gasteiger partial charge in [0, 0.05) is 0 Å². The third-order valence-electron chi connectivity index (χ3n) is 1.81. The largest absolute Gasteiger partial charge is 0.467 e. The molecule has 0 saturated carbocycles. The Labute approximate surface area is 105 Å². The molecule has 2 heterocycles. The Hall–Kier alpha value is -1.04. The topological polar surface area (TPSA) is 55.1 Å². The van der Waals surface area contributed by atoms with Crippen molar-refractivity contribution < 1.29 is 9.21 Å². The fraction of sp³-hybridized carbons (Fsp3) is 0.111. The highest BCUT2D eigenvalue weighted by atomic mass is 35.5. The maximum Gasteiger partial charge on any atom is 0.264 e. The van der Waals surface area contributed by atoms with Gasteiger partial charge < -0.3 is 9.73 Å². The van der Waals surface area contributed by atoms with E-state index in [0.717, 1.165) is 11.5 Å². The number of carbonyl (C=O) groups excluding carboxylic acids is 1. The van der Waals surface area contributed by atoms with E-state index in [0.29, 0.717) is 17.2 Å². The molecule has 0 saturated heterocycles. The van der Waals surface area contributed by atoms with Crippen LogP contribution in [0.3, 0.4) is 0 Å². The van der Waals surface area contributed by atoms with Crippen molar-refractivity contribution in [3.05, 3.63) is 39.2 Å². The maximum absolute atomic E-state index is 11.6. The summed E-state index contributed by atoms with van der Waals surface area (Å²) in [6, 6.07) is 3.51. The highest BCUT2D eigenvalue weighted by Crippen LogP contribution is 2.28. The SMILES string of the molecule is O=C(NCc1ccco1)c1snc(Cl)c1Cl. The van der Waals surface area contributed by atoms with Crippen molar-refractivity contribution in [1.82, 2.24) is 9.69 Å². The maximum atomic E-state index is 11.6. The summed E-state index contributed by atoms with van der Waals surface area (Å²) in [5.41, 5.74) is 0. The van der Waals surface area contributed by atoms with Crippen LogP contribution in [0.25, 0.3) is 0 Å². The normalized spacial score (nSPS) is 10.4. The molecule has 0 aliphatic carbocycles. The van der Waals surface area contributed by atoms with E-state index < -0.39 is 0 Å². The minimum Gasteiger partial charge on any atom is -0.467 e. The van der Waals surface area contributed by atoms with Crippen LogP contribution in [-0.2, 0) is 6.54 Å². The molecule has 0 atom stereocenters. The number of hydrogen-bond donors (Lipinski definition) is 1. The molecule has 4 nitrogen and oxygen atoms in total. The molecule has 1 N–H and O–H groups in total. The lowest BCUT2D eigenvalue weighted by atomic mass is 10.4. The predicted molar refractivity (Wildman–Crippen MR) is 62.0 cm³/mol. The molecule has 0 spiro atoms. The van der Waals surface area contributed by atoms with Crippen molar-refractivity contribution in [2.24, 2.45) is 0 Å². The number of halogens is 2. The van der Waals surface area contributed by atoms with Gasteiger partial charge in [-0.15, -0.1) is 0 Å². The first-order valence-electron chi connectivity index (χ1n) is 4.29. The van der Waals surface area contributed by atoms with Gasteiger partial charge in [0.1, 0.15) is 15.7 Å². The van der Waals surface area contributed by atoms with Crippen LogP contribution in [0.2, 0.25) is 10.2 Å². The first-order valence-corrected chi connectivity index (χ1v) is 5.82. The Morgan fingerprint density at radius 1 is 1.56 bits per heavy atom. The number of rotatable bonds is 3. The first kappa shape index (κ1) is 11.4. The summed E-state index contributed by atoms with van der Waals surface area (Å²) in [6.07, 6.45) is 1.54. The zero-order valence-electron chi connectivity index (χ0n) is 7.87. The van der Waals surface area contributed by atoms with Gasteiger partial charge in [-0.25, -0.2) is 0 Å². The molecule has 0 aliphatic heterocycles. The molecule has 0 radical (unpaired) electrons. The van der Waals surface area contributed by atoms with Crippen molar-refractivity contribution in [2.45, 2.75) is 6.54 Å². The number of furan rings is 1. The number of carbonyl (C=O) groups is 1. The standard InChI is InChI=1S/C9H6Cl2N2O2S/c10-6-7(16-13-8(6)11)9(14)12-4-5-2-1-3-15-5/h1-3H,4H2,(H,12,14). The van der Waals surface area contributed by atoms with Gasteiger partial charge in [-0.1, -0.05) is 23.2 Å². The van der Waals surface area contributed by atoms with Gasteiger partial charge in [-0.2, -0.15) is 4.37 Å². The van der Waals surface area contributed by atoms with Crippen LogP contribution in [-0.4, -0.2) is 10.3 Å². The van der Waals surface area contributed by atoms with Gasteiger partial charge >= 0.3 is 0 Å². The summed E-state index contributed by atoms with van der Waals surface area (Å²) in [4.78, 5) is 12.0. The van der Waals surface area contributed by atoms with Crippen molar-refractivity contribution >= 4 is 40.6 Å². The molecule has 84 valence electrons. The molecule has 7 heteroatoms. The lowest BCUT2D eigenvalue weighted by Gasteiger charge is -2.00. The van der Waals surface area contributed by atoms with Crippen molar-refractivity contribution in [3.63, 3.8) is 0 Å². The van der Waals surface area contributed by atoms with E-state index in [1.54, 1.807) is 12.1 Å². The molecule has 0 unspecified atom stereocenters. The first-order chi connectivity index (χ1) is 7.68. The van der Waals surface area contributed by atoms with Gasteiger partial charge in [0.15, 0.2) is 5.15 Å². The number of nitrogens with one attached hydrogen (secondary N) is 1. The molecule has 2 aromatic heterocycles. The van der Waals surface area contributed by atoms with Crippen LogP contribution in [0.4, 0.5) is 0 Å². The molecule has 2 aromatic rings. The zero-order chi connectivity index (χ0) is 11.5. The van der Waals surface area contributed by atoms with Gasteiger partial charge in [-0.3, -0.25) is 4.79 Å². The molecule has 0 fully saturated rings. The summed E-state index contributed by atoms with van der Waals surface area (Å²) >= 11 is 12.4. The second kappa shape index (κ2) is 4.86. The Morgan fingerprint density at radius 2 is 2.38 bits per heavy atom. The van der Waals surface area contributed by atoms with Gasteiger partial charge in [0.25, 0.3) is 5.91 Å². The van der Waals surface area contributed by atoms with Crippen molar-refractivity contribution in [3.8, 4) is 0 Å². The minimum atomic E-state index is -0.314. The Morgan fingerprint density at radius 3 is 2.94 bits per heavy atom. The highest BCUT2D eigenvalue weighted by molar-refractivity contribution is 7.09. The second-order valence-corrected chi connectivity index (χ2v) is 4.39. The van der Waals surface area contributed by atoms with Crippen LogP contribution in [0, 0.1) is 0 Å². The molecular formula is C9H6Cl2N2O2S. The summed E-state index contributed by atoms with van der Waals surface area (Å²) in [5.74, 6) is 0.353. The van der Waals surface area contributed by atoms with E-state index in [1.165, 1.54) is 6.26 Å². The fourth-order valence-electron chi connectivity index (χ4n) is 1.06. The average molecular weight is 277 g/mol. The van der Waals surface area contributed by atoms with Crippen LogP contribution >= 0.6 is 34.7 Å². The molecule has 2 rings (SSSR count). The molecule has 16 heavy (non-hydrogen) atoms.